The van der Waals surface area contributed by atoms with Crippen LogP contribution in [-0.2, 0) is 4.79 Å². The molecular weight excluding hydrogens is 322 g/mol. The van der Waals surface area contributed by atoms with Crippen molar-refractivity contribution in [2.45, 2.75) is 33.1 Å². The Bertz CT molecular complexity index is 652. The lowest BCUT2D eigenvalue weighted by molar-refractivity contribution is -0.125. The number of nitrogens with zero attached hydrogens (tertiary/aromatic N) is 4. The van der Waals surface area contributed by atoms with Crippen molar-refractivity contribution in [3.8, 4) is 5.13 Å². The summed E-state index contributed by atoms with van der Waals surface area (Å²) >= 11 is 1.57. The molecule has 1 fully saturated rings. The molecule has 24 heavy (non-hydrogen) atoms. The number of piperidine rings is 1. The SMILES string of the molecule is CC(C)CCNC(=O)C1CCCN(c2nnc(-n3cccc3)s2)C1. The smallest absolute Gasteiger partial charge is 0.224 e. The molecule has 0 spiro atoms. The van der Waals surface area contributed by atoms with Gasteiger partial charge in [0.05, 0.1) is 5.92 Å². The minimum Gasteiger partial charge on any atom is -0.356 e. The van der Waals surface area contributed by atoms with Gasteiger partial charge in [-0.2, -0.15) is 0 Å². The Morgan fingerprint density at radius 2 is 2.08 bits per heavy atom. The standard InChI is InChI=1S/C17H25N5OS/c1-13(2)7-8-18-15(23)14-6-5-11-22(12-14)17-20-19-16(24-17)21-9-3-4-10-21/h3-4,9-10,13-14H,5-8,11-12H2,1-2H3,(H,18,23). The Balaban J connectivity index is 1.58. The van der Waals surface area contributed by atoms with Crippen LogP contribution in [0.4, 0.5) is 5.13 Å². The molecule has 6 nitrogen and oxygen atoms in total. The van der Waals surface area contributed by atoms with Gasteiger partial charge in [-0.05, 0) is 37.3 Å². The van der Waals surface area contributed by atoms with Crippen molar-refractivity contribution in [2.24, 2.45) is 11.8 Å². The van der Waals surface area contributed by atoms with E-state index in [1.807, 2.05) is 29.1 Å². The fraction of sp³-hybridized carbons (Fsp3) is 0.588. The summed E-state index contributed by atoms with van der Waals surface area (Å²) in [6, 6.07) is 3.94. The minimum absolute atomic E-state index is 0.0461. The maximum atomic E-state index is 12.4. The maximum Gasteiger partial charge on any atom is 0.224 e. The van der Waals surface area contributed by atoms with Gasteiger partial charge in [0, 0.05) is 32.0 Å². The number of amides is 1. The molecule has 1 unspecified atom stereocenters. The number of carbonyl (C=O) groups excluding carboxylic acids is 1. The molecule has 0 saturated carbocycles. The van der Waals surface area contributed by atoms with E-state index in [4.69, 9.17) is 0 Å². The molecule has 0 aromatic carbocycles. The molecule has 0 aliphatic carbocycles. The van der Waals surface area contributed by atoms with Crippen molar-refractivity contribution in [3.05, 3.63) is 24.5 Å². The highest BCUT2D eigenvalue weighted by Gasteiger charge is 2.27. The van der Waals surface area contributed by atoms with E-state index in [0.717, 1.165) is 49.2 Å². The number of rotatable bonds is 6. The quantitative estimate of drug-likeness (QED) is 0.873. The summed E-state index contributed by atoms with van der Waals surface area (Å²) in [6.07, 6.45) is 6.92. The summed E-state index contributed by atoms with van der Waals surface area (Å²) in [6.45, 7) is 6.78. The van der Waals surface area contributed by atoms with Crippen molar-refractivity contribution in [3.63, 3.8) is 0 Å². The number of nitrogens with one attached hydrogen (secondary N) is 1. The largest absolute Gasteiger partial charge is 0.356 e. The predicted octanol–water partition coefficient (Wildman–Crippen LogP) is 2.71. The second kappa shape index (κ2) is 7.79. The van der Waals surface area contributed by atoms with Crippen LogP contribution in [0.5, 0.6) is 0 Å². The Morgan fingerprint density at radius 3 is 2.83 bits per heavy atom. The molecule has 130 valence electrons. The summed E-state index contributed by atoms with van der Waals surface area (Å²) in [4.78, 5) is 14.6. The van der Waals surface area contributed by atoms with Crippen LogP contribution in [0.3, 0.4) is 0 Å². The van der Waals surface area contributed by atoms with Crippen LogP contribution in [0.1, 0.15) is 33.1 Å². The molecule has 0 radical (unpaired) electrons. The molecule has 1 atom stereocenters. The highest BCUT2D eigenvalue weighted by atomic mass is 32.1. The van der Waals surface area contributed by atoms with Gasteiger partial charge in [0.15, 0.2) is 0 Å². The molecule has 2 aromatic heterocycles. The third-order valence-electron chi connectivity index (χ3n) is 4.31. The molecule has 0 bridgehead atoms. The molecule has 1 aliphatic rings. The Hall–Kier alpha value is -1.89. The molecule has 1 aliphatic heterocycles. The zero-order chi connectivity index (χ0) is 16.9. The van der Waals surface area contributed by atoms with Crippen molar-refractivity contribution < 1.29 is 4.79 Å². The van der Waals surface area contributed by atoms with Gasteiger partial charge >= 0.3 is 0 Å². The second-order valence-corrected chi connectivity index (χ2v) is 7.65. The van der Waals surface area contributed by atoms with Crippen LogP contribution in [-0.4, -0.2) is 40.3 Å². The lowest BCUT2D eigenvalue weighted by Gasteiger charge is -2.31. The Kier molecular flexibility index (Phi) is 5.50. The number of aromatic nitrogens is 3. The molecule has 1 saturated heterocycles. The van der Waals surface area contributed by atoms with Gasteiger partial charge in [0.2, 0.25) is 16.2 Å². The maximum absolute atomic E-state index is 12.4. The van der Waals surface area contributed by atoms with Crippen molar-refractivity contribution in [1.29, 1.82) is 0 Å². The van der Waals surface area contributed by atoms with Crippen LogP contribution in [0.25, 0.3) is 5.13 Å². The third-order valence-corrected chi connectivity index (χ3v) is 5.31. The van der Waals surface area contributed by atoms with E-state index in [1.165, 1.54) is 0 Å². The zero-order valence-electron chi connectivity index (χ0n) is 14.3. The van der Waals surface area contributed by atoms with E-state index in [-0.39, 0.29) is 11.8 Å². The average Bonchev–Trinajstić information content (AvgIpc) is 3.25. The summed E-state index contributed by atoms with van der Waals surface area (Å²) in [5.41, 5.74) is 0. The lowest BCUT2D eigenvalue weighted by atomic mass is 9.97. The van der Waals surface area contributed by atoms with E-state index >= 15 is 0 Å². The molecule has 3 heterocycles. The Morgan fingerprint density at radius 1 is 1.33 bits per heavy atom. The lowest BCUT2D eigenvalue weighted by Crippen LogP contribution is -2.43. The van der Waals surface area contributed by atoms with Gasteiger partial charge in [0.1, 0.15) is 0 Å². The number of hydrogen-bond donors (Lipinski definition) is 1. The summed E-state index contributed by atoms with van der Waals surface area (Å²) in [5.74, 6) is 0.835. The van der Waals surface area contributed by atoms with Crippen molar-refractivity contribution in [2.75, 3.05) is 24.5 Å². The highest BCUT2D eigenvalue weighted by molar-refractivity contribution is 7.17. The number of carbonyl (C=O) groups is 1. The third kappa shape index (κ3) is 4.14. The summed E-state index contributed by atoms with van der Waals surface area (Å²) in [5, 5.41) is 13.4. The van der Waals surface area contributed by atoms with Crippen LogP contribution in [0, 0.1) is 11.8 Å². The fourth-order valence-corrected chi connectivity index (χ4v) is 3.74. The minimum atomic E-state index is 0.0461. The van der Waals surface area contributed by atoms with Crippen LogP contribution >= 0.6 is 11.3 Å². The van der Waals surface area contributed by atoms with Crippen LogP contribution < -0.4 is 10.2 Å². The average molecular weight is 347 g/mol. The van der Waals surface area contributed by atoms with E-state index in [1.54, 1.807) is 11.3 Å². The monoisotopic (exact) mass is 347 g/mol. The molecule has 3 rings (SSSR count). The molecule has 7 heteroatoms. The van der Waals surface area contributed by atoms with Crippen LogP contribution in [0.2, 0.25) is 0 Å². The molecule has 2 aromatic rings. The van der Waals surface area contributed by atoms with Gasteiger partial charge in [-0.15, -0.1) is 10.2 Å². The zero-order valence-corrected chi connectivity index (χ0v) is 15.1. The number of anilines is 1. The highest BCUT2D eigenvalue weighted by Crippen LogP contribution is 2.27. The second-order valence-electron chi connectivity index (χ2n) is 6.72. The van der Waals surface area contributed by atoms with Gasteiger partial charge in [-0.3, -0.25) is 9.36 Å². The first-order valence-electron chi connectivity index (χ1n) is 8.63. The molecule has 1 N–H and O–H groups in total. The van der Waals surface area contributed by atoms with Gasteiger partial charge in [-0.1, -0.05) is 25.2 Å². The van der Waals surface area contributed by atoms with E-state index in [2.05, 4.69) is 34.3 Å². The molecule has 1 amide bonds. The Labute approximate surface area is 146 Å². The first kappa shape index (κ1) is 17.0. The van der Waals surface area contributed by atoms with Crippen LogP contribution in [0.15, 0.2) is 24.5 Å². The van der Waals surface area contributed by atoms with E-state index in [9.17, 15) is 4.79 Å². The van der Waals surface area contributed by atoms with Crippen molar-refractivity contribution >= 4 is 22.4 Å². The van der Waals surface area contributed by atoms with E-state index < -0.39 is 0 Å². The first-order chi connectivity index (χ1) is 11.6. The van der Waals surface area contributed by atoms with Gasteiger partial charge < -0.3 is 10.2 Å². The normalized spacial score (nSPS) is 18.1. The van der Waals surface area contributed by atoms with Gasteiger partial charge in [-0.25, -0.2) is 0 Å². The molecular formula is C17H25N5OS. The van der Waals surface area contributed by atoms with Gasteiger partial charge in [0.25, 0.3) is 0 Å². The topological polar surface area (TPSA) is 63.1 Å². The fourth-order valence-electron chi connectivity index (χ4n) is 2.90. The number of hydrogen-bond acceptors (Lipinski definition) is 5. The van der Waals surface area contributed by atoms with Crippen molar-refractivity contribution in [1.82, 2.24) is 20.1 Å². The predicted molar refractivity (Wildman–Crippen MR) is 96.6 cm³/mol. The van der Waals surface area contributed by atoms with E-state index in [0.29, 0.717) is 5.92 Å². The first-order valence-corrected chi connectivity index (χ1v) is 9.44. The summed E-state index contributed by atoms with van der Waals surface area (Å²) < 4.78 is 1.96. The summed E-state index contributed by atoms with van der Waals surface area (Å²) in [7, 11) is 0.